The molecule has 2 N–H and O–H groups in total. The normalized spacial score (nSPS) is 25.1. The Morgan fingerprint density at radius 2 is 1.83 bits per heavy atom. The summed E-state index contributed by atoms with van der Waals surface area (Å²) < 4.78 is 6.13. The van der Waals surface area contributed by atoms with Crippen molar-refractivity contribution in [2.45, 2.75) is 31.4 Å². The lowest BCUT2D eigenvalue weighted by atomic mass is 9.89. The van der Waals surface area contributed by atoms with Gasteiger partial charge < -0.3 is 20.3 Å². The summed E-state index contributed by atoms with van der Waals surface area (Å²) in [7, 11) is 1.85. The maximum absolute atomic E-state index is 6.13. The summed E-state index contributed by atoms with van der Waals surface area (Å²) in [4.78, 5) is 6.90. The number of hydrogen-bond donors (Lipinski definition) is 2. The zero-order chi connectivity index (χ0) is 19.9. The predicted octanol–water partition coefficient (Wildman–Crippen LogP) is 3.60. The molecule has 0 radical (unpaired) electrons. The number of rotatable bonds is 5. The minimum atomic E-state index is 0.163. The summed E-state index contributed by atoms with van der Waals surface area (Å²) in [5.41, 5.74) is 2.57. The van der Waals surface area contributed by atoms with Crippen LogP contribution in [0.15, 0.2) is 65.7 Å². The van der Waals surface area contributed by atoms with Gasteiger partial charge in [0, 0.05) is 50.9 Å². The van der Waals surface area contributed by atoms with Gasteiger partial charge in [-0.2, -0.15) is 0 Å². The number of ether oxygens (including phenoxy) is 1. The molecular formula is C24H32N4O. The topological polar surface area (TPSA) is 48.9 Å². The van der Waals surface area contributed by atoms with E-state index in [0.29, 0.717) is 12.0 Å². The maximum atomic E-state index is 6.13. The molecule has 5 heteroatoms. The van der Waals surface area contributed by atoms with Crippen LogP contribution >= 0.6 is 0 Å². The summed E-state index contributed by atoms with van der Waals surface area (Å²) in [5, 5.41) is 7.18. The standard InChI is InChI=1S/C24H32N4O/c1-25-24(27-21-14-15-28(18-21)22-12-6-3-7-13-22)26-17-20-11-8-16-29-23(20)19-9-4-2-5-10-19/h2-7,9-10,12-13,20-21,23H,8,11,14-18H2,1H3,(H2,25,26,27). The molecule has 2 heterocycles. The third-order valence-corrected chi connectivity index (χ3v) is 5.98. The number of para-hydroxylation sites is 1. The van der Waals surface area contributed by atoms with Gasteiger partial charge in [0.05, 0.1) is 6.10 Å². The van der Waals surface area contributed by atoms with Gasteiger partial charge in [0.25, 0.3) is 0 Å². The number of nitrogens with zero attached hydrogens (tertiary/aromatic N) is 2. The van der Waals surface area contributed by atoms with Crippen molar-refractivity contribution in [3.05, 3.63) is 66.2 Å². The van der Waals surface area contributed by atoms with Gasteiger partial charge in [-0.25, -0.2) is 0 Å². The molecule has 3 atom stereocenters. The van der Waals surface area contributed by atoms with Crippen LogP contribution in [0.1, 0.15) is 30.9 Å². The number of anilines is 1. The van der Waals surface area contributed by atoms with Crippen molar-refractivity contribution in [2.24, 2.45) is 10.9 Å². The van der Waals surface area contributed by atoms with Gasteiger partial charge in [-0.1, -0.05) is 48.5 Å². The first-order valence-electron chi connectivity index (χ1n) is 10.8. The third kappa shape index (κ3) is 5.10. The van der Waals surface area contributed by atoms with Crippen molar-refractivity contribution in [3.8, 4) is 0 Å². The molecule has 2 fully saturated rings. The molecule has 2 saturated heterocycles. The van der Waals surface area contributed by atoms with E-state index >= 15 is 0 Å². The van der Waals surface area contributed by atoms with E-state index in [0.717, 1.165) is 45.0 Å². The van der Waals surface area contributed by atoms with Crippen LogP contribution in [-0.4, -0.2) is 45.3 Å². The van der Waals surface area contributed by atoms with E-state index in [1.807, 2.05) is 7.05 Å². The van der Waals surface area contributed by atoms with Crippen molar-refractivity contribution in [1.29, 1.82) is 0 Å². The van der Waals surface area contributed by atoms with Gasteiger partial charge in [0.2, 0.25) is 0 Å². The molecule has 2 aromatic carbocycles. The Bertz CT molecular complexity index is 780. The number of nitrogens with one attached hydrogen (secondary N) is 2. The lowest BCUT2D eigenvalue weighted by Crippen LogP contribution is -2.46. The highest BCUT2D eigenvalue weighted by Gasteiger charge is 2.28. The largest absolute Gasteiger partial charge is 0.373 e. The van der Waals surface area contributed by atoms with Crippen molar-refractivity contribution < 1.29 is 4.74 Å². The zero-order valence-electron chi connectivity index (χ0n) is 17.3. The summed E-state index contributed by atoms with van der Waals surface area (Å²) in [6.07, 6.45) is 3.58. The van der Waals surface area contributed by atoms with Gasteiger partial charge in [0.15, 0.2) is 5.96 Å². The predicted molar refractivity (Wildman–Crippen MR) is 119 cm³/mol. The van der Waals surface area contributed by atoms with E-state index in [1.165, 1.54) is 17.7 Å². The molecule has 0 aromatic heterocycles. The monoisotopic (exact) mass is 392 g/mol. The summed E-state index contributed by atoms with van der Waals surface area (Å²) in [5.74, 6) is 1.34. The van der Waals surface area contributed by atoms with E-state index in [-0.39, 0.29) is 6.10 Å². The minimum absolute atomic E-state index is 0.163. The molecule has 2 aliphatic heterocycles. The molecule has 2 aliphatic rings. The van der Waals surface area contributed by atoms with Gasteiger partial charge >= 0.3 is 0 Å². The first kappa shape index (κ1) is 19.8. The van der Waals surface area contributed by atoms with Crippen LogP contribution < -0.4 is 15.5 Å². The van der Waals surface area contributed by atoms with E-state index in [2.05, 4.69) is 81.2 Å². The first-order chi connectivity index (χ1) is 14.3. The minimum Gasteiger partial charge on any atom is -0.373 e. The van der Waals surface area contributed by atoms with E-state index in [1.54, 1.807) is 0 Å². The highest BCUT2D eigenvalue weighted by Crippen LogP contribution is 2.33. The lowest BCUT2D eigenvalue weighted by molar-refractivity contribution is -0.0265. The van der Waals surface area contributed by atoms with Gasteiger partial charge in [-0.15, -0.1) is 0 Å². The second-order valence-corrected chi connectivity index (χ2v) is 7.97. The molecule has 29 heavy (non-hydrogen) atoms. The second-order valence-electron chi connectivity index (χ2n) is 7.97. The Morgan fingerprint density at radius 1 is 1.07 bits per heavy atom. The first-order valence-corrected chi connectivity index (χ1v) is 10.8. The average Bonchev–Trinajstić information content (AvgIpc) is 3.26. The summed E-state index contributed by atoms with van der Waals surface area (Å²) >= 11 is 0. The van der Waals surface area contributed by atoms with E-state index < -0.39 is 0 Å². The Kier molecular flexibility index (Phi) is 6.67. The fourth-order valence-corrected chi connectivity index (χ4v) is 4.43. The molecule has 3 unspecified atom stereocenters. The summed E-state index contributed by atoms with van der Waals surface area (Å²) in [6.45, 7) is 3.80. The number of aliphatic imine (C=N–C) groups is 1. The lowest BCUT2D eigenvalue weighted by Gasteiger charge is -2.33. The summed E-state index contributed by atoms with van der Waals surface area (Å²) in [6, 6.07) is 21.6. The van der Waals surface area contributed by atoms with Gasteiger partial charge in [-0.3, -0.25) is 4.99 Å². The number of guanidine groups is 1. The number of benzene rings is 2. The Morgan fingerprint density at radius 3 is 2.59 bits per heavy atom. The van der Waals surface area contributed by atoms with E-state index in [4.69, 9.17) is 4.74 Å². The molecule has 5 nitrogen and oxygen atoms in total. The van der Waals surface area contributed by atoms with Gasteiger partial charge in [0.1, 0.15) is 0 Å². The van der Waals surface area contributed by atoms with Crippen LogP contribution in [0.25, 0.3) is 0 Å². The quantitative estimate of drug-likeness (QED) is 0.603. The van der Waals surface area contributed by atoms with E-state index in [9.17, 15) is 0 Å². The highest BCUT2D eigenvalue weighted by molar-refractivity contribution is 5.80. The number of hydrogen-bond acceptors (Lipinski definition) is 3. The van der Waals surface area contributed by atoms with Crippen LogP contribution in [0.3, 0.4) is 0 Å². The fourth-order valence-electron chi connectivity index (χ4n) is 4.43. The maximum Gasteiger partial charge on any atom is 0.191 e. The smallest absolute Gasteiger partial charge is 0.191 e. The molecule has 0 aliphatic carbocycles. The van der Waals surface area contributed by atoms with Crippen LogP contribution in [0.5, 0.6) is 0 Å². The van der Waals surface area contributed by atoms with Crippen LogP contribution in [0.4, 0.5) is 5.69 Å². The molecule has 0 saturated carbocycles. The Labute approximate surface area is 174 Å². The molecule has 154 valence electrons. The van der Waals surface area contributed by atoms with Crippen molar-refractivity contribution in [1.82, 2.24) is 10.6 Å². The van der Waals surface area contributed by atoms with Crippen LogP contribution in [0, 0.1) is 5.92 Å². The molecular weight excluding hydrogens is 360 g/mol. The van der Waals surface area contributed by atoms with Crippen molar-refractivity contribution in [3.63, 3.8) is 0 Å². The second kappa shape index (κ2) is 9.79. The molecule has 0 amide bonds. The molecule has 0 spiro atoms. The Balaban J connectivity index is 1.30. The third-order valence-electron chi connectivity index (χ3n) is 5.98. The highest BCUT2D eigenvalue weighted by atomic mass is 16.5. The average molecular weight is 393 g/mol. The SMILES string of the molecule is CN=C(NCC1CCCOC1c1ccccc1)NC1CCN(c2ccccc2)C1. The van der Waals surface area contributed by atoms with Crippen molar-refractivity contribution >= 4 is 11.6 Å². The van der Waals surface area contributed by atoms with Gasteiger partial charge in [-0.05, 0) is 37.0 Å². The zero-order valence-corrected chi connectivity index (χ0v) is 17.3. The molecule has 0 bridgehead atoms. The fraction of sp³-hybridized carbons (Fsp3) is 0.458. The van der Waals surface area contributed by atoms with Crippen LogP contribution in [0.2, 0.25) is 0 Å². The molecule has 2 aromatic rings. The van der Waals surface area contributed by atoms with Crippen LogP contribution in [-0.2, 0) is 4.74 Å². The molecule has 4 rings (SSSR count). The Hall–Kier alpha value is -2.53. The van der Waals surface area contributed by atoms with Crippen molar-refractivity contribution in [2.75, 3.05) is 38.2 Å².